The quantitative estimate of drug-likeness (QED) is 0.496. The molecule has 0 spiro atoms. The number of carbonyl (C=O) groups is 1. The summed E-state index contributed by atoms with van der Waals surface area (Å²) in [5.74, 6) is 1.81. The Kier molecular flexibility index (Phi) is 7.65. The summed E-state index contributed by atoms with van der Waals surface area (Å²) in [5.41, 5.74) is 0. The van der Waals surface area contributed by atoms with Crippen LogP contribution in [0.4, 0.5) is 17.8 Å². The Morgan fingerprint density at radius 1 is 1.12 bits per heavy atom. The number of amides is 1. The van der Waals surface area contributed by atoms with Gasteiger partial charge < -0.3 is 25.5 Å². The maximum atomic E-state index is 11.6. The molecule has 1 aliphatic heterocycles. The zero-order valence-corrected chi connectivity index (χ0v) is 15.2. The van der Waals surface area contributed by atoms with E-state index in [1.807, 2.05) is 23.6 Å². The Labute approximate surface area is 148 Å². The summed E-state index contributed by atoms with van der Waals surface area (Å²) >= 11 is 0. The van der Waals surface area contributed by atoms with Crippen LogP contribution >= 0.6 is 0 Å². The average molecular weight is 351 g/mol. The fraction of sp³-hybridized carbons (Fsp3) is 0.750. The van der Waals surface area contributed by atoms with Crippen molar-refractivity contribution >= 4 is 23.8 Å². The molecule has 0 unspecified atom stereocenters. The van der Waals surface area contributed by atoms with Crippen LogP contribution in [0.3, 0.4) is 0 Å². The SMILES string of the molecule is CCN(CC)c1nc(NCCO)nc(NCCCN2CCCC2=O)n1. The van der Waals surface area contributed by atoms with Crippen LogP contribution in [0, 0.1) is 0 Å². The summed E-state index contributed by atoms with van der Waals surface area (Å²) in [6, 6.07) is 0. The van der Waals surface area contributed by atoms with E-state index in [-0.39, 0.29) is 12.5 Å². The minimum absolute atomic E-state index is 0.0128. The van der Waals surface area contributed by atoms with Gasteiger partial charge in [-0.15, -0.1) is 0 Å². The third-order valence-corrected chi connectivity index (χ3v) is 4.12. The highest BCUT2D eigenvalue weighted by atomic mass is 16.3. The Morgan fingerprint density at radius 2 is 1.80 bits per heavy atom. The van der Waals surface area contributed by atoms with Crippen LogP contribution in [0.5, 0.6) is 0 Å². The number of likely N-dealkylation sites (tertiary alicyclic amines) is 1. The topological polar surface area (TPSA) is 107 Å². The van der Waals surface area contributed by atoms with Gasteiger partial charge in [-0.2, -0.15) is 15.0 Å². The van der Waals surface area contributed by atoms with E-state index >= 15 is 0 Å². The Hall–Kier alpha value is -2.16. The fourth-order valence-electron chi connectivity index (χ4n) is 2.75. The second-order valence-corrected chi connectivity index (χ2v) is 5.87. The average Bonchev–Trinajstić information content (AvgIpc) is 3.03. The van der Waals surface area contributed by atoms with Crippen LogP contribution < -0.4 is 15.5 Å². The summed E-state index contributed by atoms with van der Waals surface area (Å²) in [5, 5.41) is 15.2. The molecule has 2 rings (SSSR count). The van der Waals surface area contributed by atoms with Crippen molar-refractivity contribution in [3.05, 3.63) is 0 Å². The van der Waals surface area contributed by atoms with E-state index in [1.54, 1.807) is 0 Å². The van der Waals surface area contributed by atoms with E-state index in [2.05, 4.69) is 25.6 Å². The second kappa shape index (κ2) is 9.97. The van der Waals surface area contributed by atoms with E-state index in [0.717, 1.165) is 39.0 Å². The lowest BCUT2D eigenvalue weighted by Gasteiger charge is -2.20. The molecule has 0 aliphatic carbocycles. The first kappa shape index (κ1) is 19.2. The van der Waals surface area contributed by atoms with Gasteiger partial charge in [-0.3, -0.25) is 4.79 Å². The third kappa shape index (κ3) is 5.70. The highest BCUT2D eigenvalue weighted by molar-refractivity contribution is 5.78. The molecule has 1 aromatic heterocycles. The third-order valence-electron chi connectivity index (χ3n) is 4.12. The van der Waals surface area contributed by atoms with Gasteiger partial charge in [0.05, 0.1) is 6.61 Å². The first-order chi connectivity index (χ1) is 12.2. The number of anilines is 3. The van der Waals surface area contributed by atoms with Gasteiger partial charge in [0.15, 0.2) is 0 Å². The van der Waals surface area contributed by atoms with Crippen LogP contribution in [0.2, 0.25) is 0 Å². The minimum Gasteiger partial charge on any atom is -0.395 e. The van der Waals surface area contributed by atoms with Gasteiger partial charge in [-0.25, -0.2) is 0 Å². The van der Waals surface area contributed by atoms with Gasteiger partial charge in [-0.05, 0) is 26.7 Å². The van der Waals surface area contributed by atoms with Gasteiger partial charge in [0.1, 0.15) is 0 Å². The molecule has 1 fully saturated rings. The molecule has 1 amide bonds. The monoisotopic (exact) mass is 351 g/mol. The standard InChI is InChI=1S/C16H29N7O2/c1-3-22(4-2)16-20-14(19-15(21-16)18-9-12-24)17-8-6-11-23-10-5-7-13(23)25/h24H,3-12H2,1-2H3,(H2,17,18,19,20,21). The molecular weight excluding hydrogens is 322 g/mol. The summed E-state index contributed by atoms with van der Waals surface area (Å²) < 4.78 is 0. The number of carbonyl (C=O) groups excluding carboxylic acids is 1. The number of rotatable bonds is 11. The van der Waals surface area contributed by atoms with Gasteiger partial charge >= 0.3 is 0 Å². The number of aromatic nitrogens is 3. The predicted molar refractivity (Wildman–Crippen MR) is 97.9 cm³/mol. The molecule has 2 heterocycles. The highest BCUT2D eigenvalue weighted by Crippen LogP contribution is 2.14. The van der Waals surface area contributed by atoms with Crippen molar-refractivity contribution in [2.45, 2.75) is 33.1 Å². The van der Waals surface area contributed by atoms with Gasteiger partial charge in [0.25, 0.3) is 0 Å². The first-order valence-electron chi connectivity index (χ1n) is 9.05. The molecule has 0 bridgehead atoms. The van der Waals surface area contributed by atoms with E-state index in [9.17, 15) is 4.79 Å². The smallest absolute Gasteiger partial charge is 0.231 e. The zero-order chi connectivity index (χ0) is 18.1. The number of hydrogen-bond donors (Lipinski definition) is 3. The molecule has 1 aromatic rings. The Bertz CT molecular complexity index is 551. The lowest BCUT2D eigenvalue weighted by Crippen LogP contribution is -2.27. The van der Waals surface area contributed by atoms with E-state index in [0.29, 0.717) is 37.4 Å². The molecule has 3 N–H and O–H groups in total. The number of nitrogens with zero attached hydrogens (tertiary/aromatic N) is 5. The molecule has 0 saturated carbocycles. The molecule has 9 nitrogen and oxygen atoms in total. The first-order valence-corrected chi connectivity index (χ1v) is 9.05. The van der Waals surface area contributed by atoms with Crippen molar-refractivity contribution < 1.29 is 9.90 Å². The molecule has 1 aliphatic rings. The lowest BCUT2D eigenvalue weighted by atomic mass is 10.4. The molecule has 140 valence electrons. The molecule has 0 atom stereocenters. The number of aliphatic hydroxyl groups excluding tert-OH is 1. The van der Waals surface area contributed by atoms with Crippen molar-refractivity contribution in [2.24, 2.45) is 0 Å². The molecule has 0 aromatic carbocycles. The number of aliphatic hydroxyl groups is 1. The predicted octanol–water partition coefficient (Wildman–Crippen LogP) is 0.546. The van der Waals surface area contributed by atoms with Crippen molar-refractivity contribution in [1.29, 1.82) is 0 Å². The lowest BCUT2D eigenvalue weighted by molar-refractivity contribution is -0.127. The van der Waals surface area contributed by atoms with Crippen molar-refractivity contribution in [1.82, 2.24) is 19.9 Å². The van der Waals surface area contributed by atoms with Crippen LogP contribution in [0.25, 0.3) is 0 Å². The van der Waals surface area contributed by atoms with Gasteiger partial charge in [0.2, 0.25) is 23.8 Å². The second-order valence-electron chi connectivity index (χ2n) is 5.87. The van der Waals surface area contributed by atoms with E-state index in [4.69, 9.17) is 5.11 Å². The number of hydrogen-bond acceptors (Lipinski definition) is 8. The molecule has 9 heteroatoms. The molecular formula is C16H29N7O2. The fourth-order valence-corrected chi connectivity index (χ4v) is 2.75. The minimum atomic E-state index is 0.0128. The normalized spacial score (nSPS) is 14.0. The van der Waals surface area contributed by atoms with Crippen molar-refractivity contribution in [3.8, 4) is 0 Å². The summed E-state index contributed by atoms with van der Waals surface area (Å²) in [4.78, 5) is 28.8. The van der Waals surface area contributed by atoms with E-state index in [1.165, 1.54) is 0 Å². The highest BCUT2D eigenvalue weighted by Gasteiger charge is 2.19. The summed E-state index contributed by atoms with van der Waals surface area (Å²) in [6.45, 7) is 8.42. The molecule has 25 heavy (non-hydrogen) atoms. The van der Waals surface area contributed by atoms with Crippen LogP contribution in [-0.2, 0) is 4.79 Å². The van der Waals surface area contributed by atoms with E-state index < -0.39 is 0 Å². The molecule has 0 radical (unpaired) electrons. The molecule has 1 saturated heterocycles. The van der Waals surface area contributed by atoms with Gasteiger partial charge in [-0.1, -0.05) is 0 Å². The summed E-state index contributed by atoms with van der Waals surface area (Å²) in [7, 11) is 0. The zero-order valence-electron chi connectivity index (χ0n) is 15.2. The maximum Gasteiger partial charge on any atom is 0.231 e. The maximum absolute atomic E-state index is 11.6. The van der Waals surface area contributed by atoms with Gasteiger partial charge in [0, 0.05) is 45.7 Å². The summed E-state index contributed by atoms with van der Waals surface area (Å²) in [6.07, 6.45) is 2.48. The van der Waals surface area contributed by atoms with Crippen LogP contribution in [0.15, 0.2) is 0 Å². The van der Waals surface area contributed by atoms with Crippen LogP contribution in [0.1, 0.15) is 33.1 Å². The van der Waals surface area contributed by atoms with Crippen molar-refractivity contribution in [3.63, 3.8) is 0 Å². The number of nitrogens with one attached hydrogen (secondary N) is 2. The largest absolute Gasteiger partial charge is 0.395 e. The Morgan fingerprint density at radius 3 is 2.36 bits per heavy atom. The van der Waals surface area contributed by atoms with Crippen LogP contribution in [-0.4, -0.2) is 76.7 Å². The Balaban J connectivity index is 1.94. The van der Waals surface area contributed by atoms with Crippen molar-refractivity contribution in [2.75, 3.05) is 61.4 Å².